The van der Waals surface area contributed by atoms with E-state index in [0.29, 0.717) is 16.9 Å². The van der Waals surface area contributed by atoms with E-state index in [9.17, 15) is 26.4 Å². The number of sulfonamides is 2. The molecule has 0 aromatic heterocycles. The van der Waals surface area contributed by atoms with Crippen LogP contribution in [0.2, 0.25) is 0 Å². The molecule has 53 heavy (non-hydrogen) atoms. The summed E-state index contributed by atoms with van der Waals surface area (Å²) >= 11 is 10.7. The Morgan fingerprint density at radius 2 is 0.868 bits per heavy atom. The van der Waals surface area contributed by atoms with E-state index in [0.717, 1.165) is 0 Å². The second-order valence-electron chi connectivity index (χ2n) is 11.0. The topological polar surface area (TPSA) is 199 Å². The van der Waals surface area contributed by atoms with Crippen molar-refractivity contribution in [3.8, 4) is 0 Å². The molecule has 0 aliphatic rings. The first-order chi connectivity index (χ1) is 25.3. The van der Waals surface area contributed by atoms with Gasteiger partial charge in [-0.15, -0.1) is 0 Å². The summed E-state index contributed by atoms with van der Waals surface area (Å²) in [6, 6.07) is 31.9. The number of urea groups is 2. The molecule has 272 valence electrons. The van der Waals surface area contributed by atoms with Crippen LogP contribution in [0.4, 0.5) is 43.7 Å². The number of benzene rings is 5. The van der Waals surface area contributed by atoms with Crippen LogP contribution in [0.25, 0.3) is 0 Å². The molecule has 18 heteroatoms. The second-order valence-corrected chi connectivity index (χ2v) is 15.1. The quantitative estimate of drug-likeness (QED) is 0.0704. The third kappa shape index (κ3) is 10.7. The van der Waals surface area contributed by atoms with Crippen molar-refractivity contribution in [1.29, 1.82) is 0 Å². The van der Waals surface area contributed by atoms with Crippen LogP contribution in [0.3, 0.4) is 0 Å². The lowest BCUT2D eigenvalue weighted by Gasteiger charge is -2.16. The number of amides is 4. The van der Waals surface area contributed by atoms with Crippen LogP contribution in [0.1, 0.15) is 5.56 Å². The van der Waals surface area contributed by atoms with Crippen LogP contribution in [0.5, 0.6) is 0 Å². The van der Waals surface area contributed by atoms with E-state index in [-0.39, 0.29) is 42.8 Å². The van der Waals surface area contributed by atoms with Gasteiger partial charge in [0, 0.05) is 22.7 Å². The number of hydrogen-bond donors (Lipinski definition) is 8. The van der Waals surface area contributed by atoms with Crippen molar-refractivity contribution in [2.45, 2.75) is 16.7 Å². The number of nitrogens with one attached hydrogen (secondary N) is 8. The van der Waals surface area contributed by atoms with Crippen LogP contribution < -0.4 is 41.3 Å². The molecule has 14 nitrogen and oxygen atoms in total. The fraction of sp³-hybridized carbons (Fsp3) is 0.0286. The number of anilines is 6. The fourth-order valence-electron chi connectivity index (χ4n) is 4.71. The molecule has 0 spiro atoms. The van der Waals surface area contributed by atoms with Gasteiger partial charge in [0.2, 0.25) is 0 Å². The largest absolute Gasteiger partial charge is 0.333 e. The molecule has 4 amide bonds. The third-order valence-corrected chi connectivity index (χ3v) is 10.3. The standard InChI is InChI=1S/C35H32N8O6S4/c1-23-20-21-26(36-32(44)42-52(46,47)30-18-10-8-16-27(30)40-34(50)37-24-12-4-2-5-13-24)22-29(23)39-33(45)43-53(48,49)31-19-11-9-17-28(31)41-35(51)38-25-14-6-3-7-15-25/h2-22H,1H3,(H2,36,42,44)(H2,37,40,50)(H2,38,41,51)(H2,39,43,45). The molecule has 0 bridgehead atoms. The van der Waals surface area contributed by atoms with Crippen LogP contribution in [-0.4, -0.2) is 39.1 Å². The van der Waals surface area contributed by atoms with Gasteiger partial charge in [0.1, 0.15) is 9.79 Å². The maximum absolute atomic E-state index is 13.3. The average molecular weight is 789 g/mol. The van der Waals surface area contributed by atoms with E-state index in [4.69, 9.17) is 24.4 Å². The van der Waals surface area contributed by atoms with Crippen molar-refractivity contribution in [1.82, 2.24) is 9.44 Å². The second kappa shape index (κ2) is 17.0. The van der Waals surface area contributed by atoms with Gasteiger partial charge in [0.25, 0.3) is 20.0 Å². The van der Waals surface area contributed by atoms with E-state index in [1.165, 1.54) is 54.6 Å². The van der Waals surface area contributed by atoms with Gasteiger partial charge >= 0.3 is 12.1 Å². The first-order valence-electron chi connectivity index (χ1n) is 15.5. The van der Waals surface area contributed by atoms with Gasteiger partial charge in [-0.25, -0.2) is 35.9 Å². The molecule has 0 unspecified atom stereocenters. The zero-order chi connectivity index (χ0) is 38.0. The first-order valence-corrected chi connectivity index (χ1v) is 19.3. The monoisotopic (exact) mass is 788 g/mol. The minimum absolute atomic E-state index is 0.0927. The van der Waals surface area contributed by atoms with E-state index < -0.39 is 32.1 Å². The summed E-state index contributed by atoms with van der Waals surface area (Å²) < 4.78 is 57.0. The number of carbonyl (C=O) groups is 2. The SMILES string of the molecule is Cc1ccc(NC(=O)NS(=O)(=O)c2ccccc2NC(=S)Nc2ccccc2)cc1NC(=O)NS(=O)(=O)c1ccccc1NC(=S)Nc1ccccc1. The van der Waals surface area contributed by atoms with Gasteiger partial charge in [-0.2, -0.15) is 0 Å². The van der Waals surface area contributed by atoms with Crippen molar-refractivity contribution < 1.29 is 26.4 Å². The molecular formula is C35H32N8O6S4. The Hall–Kier alpha value is -6.08. The summed E-state index contributed by atoms with van der Waals surface area (Å²) in [6.07, 6.45) is 0. The molecule has 0 atom stereocenters. The average Bonchev–Trinajstić information content (AvgIpc) is 3.10. The van der Waals surface area contributed by atoms with Crippen molar-refractivity contribution in [2.24, 2.45) is 0 Å². The summed E-state index contributed by atoms with van der Waals surface area (Å²) in [5.41, 5.74) is 2.34. The lowest BCUT2D eigenvalue weighted by atomic mass is 10.2. The molecule has 0 radical (unpaired) electrons. The Morgan fingerprint density at radius 3 is 1.34 bits per heavy atom. The van der Waals surface area contributed by atoms with Gasteiger partial charge < -0.3 is 31.9 Å². The highest BCUT2D eigenvalue weighted by Crippen LogP contribution is 2.24. The molecule has 5 rings (SSSR count). The highest BCUT2D eigenvalue weighted by molar-refractivity contribution is 7.90. The minimum atomic E-state index is -4.42. The van der Waals surface area contributed by atoms with E-state index in [1.54, 1.807) is 55.5 Å². The molecule has 0 fully saturated rings. The predicted molar refractivity (Wildman–Crippen MR) is 215 cm³/mol. The lowest BCUT2D eigenvalue weighted by Crippen LogP contribution is -2.35. The zero-order valence-corrected chi connectivity index (χ0v) is 31.0. The fourth-order valence-corrected chi connectivity index (χ4v) is 7.31. The smallest absolute Gasteiger partial charge is 0.332 e. The number of hydrogen-bond acceptors (Lipinski definition) is 8. The number of carbonyl (C=O) groups excluding carboxylic acids is 2. The van der Waals surface area contributed by atoms with Crippen LogP contribution in [0, 0.1) is 6.92 Å². The summed E-state index contributed by atoms with van der Waals surface area (Å²) in [6.45, 7) is 1.64. The zero-order valence-electron chi connectivity index (χ0n) is 27.7. The van der Waals surface area contributed by atoms with Crippen molar-refractivity contribution in [2.75, 3.05) is 31.9 Å². The van der Waals surface area contributed by atoms with Crippen molar-refractivity contribution in [3.05, 3.63) is 133 Å². The molecule has 8 N–H and O–H groups in total. The van der Waals surface area contributed by atoms with E-state index >= 15 is 0 Å². The van der Waals surface area contributed by atoms with Gasteiger partial charge in [-0.1, -0.05) is 66.7 Å². The number of rotatable bonds is 10. The normalized spacial score (nSPS) is 11.0. The van der Waals surface area contributed by atoms with Crippen molar-refractivity contribution >= 4 is 101 Å². The number of para-hydroxylation sites is 4. The van der Waals surface area contributed by atoms with Crippen LogP contribution in [0.15, 0.2) is 137 Å². The maximum Gasteiger partial charge on any atom is 0.333 e. The summed E-state index contributed by atoms with van der Waals surface area (Å²) in [4.78, 5) is 25.4. The highest BCUT2D eigenvalue weighted by Gasteiger charge is 2.24. The molecule has 0 saturated heterocycles. The Kier molecular flexibility index (Phi) is 12.2. The first kappa shape index (κ1) is 38.2. The predicted octanol–water partition coefficient (Wildman–Crippen LogP) is 6.63. The molecule has 0 saturated carbocycles. The Labute approximate surface area is 316 Å². The Balaban J connectivity index is 1.21. The van der Waals surface area contributed by atoms with Gasteiger partial charge in [-0.05, 0) is 97.6 Å². The molecule has 0 aliphatic heterocycles. The Bertz CT molecular complexity index is 2380. The summed E-state index contributed by atoms with van der Waals surface area (Å²) in [5, 5.41) is 16.7. The molecule has 0 heterocycles. The minimum Gasteiger partial charge on any atom is -0.332 e. The lowest BCUT2D eigenvalue weighted by molar-refractivity contribution is 0.255. The van der Waals surface area contributed by atoms with Gasteiger partial charge in [0.15, 0.2) is 10.2 Å². The summed E-state index contributed by atoms with van der Waals surface area (Å²) in [7, 11) is -8.84. The molecule has 5 aromatic carbocycles. The van der Waals surface area contributed by atoms with E-state index in [1.807, 2.05) is 33.7 Å². The third-order valence-electron chi connectivity index (χ3n) is 7.11. The highest BCUT2D eigenvalue weighted by atomic mass is 32.2. The Morgan fingerprint density at radius 1 is 0.453 bits per heavy atom. The molecular weight excluding hydrogens is 757 g/mol. The van der Waals surface area contributed by atoms with Crippen LogP contribution >= 0.6 is 24.4 Å². The molecule has 0 aliphatic carbocycles. The number of aryl methyl sites for hydroxylation is 1. The van der Waals surface area contributed by atoms with E-state index in [2.05, 4.69) is 31.9 Å². The number of thiocarbonyl (C=S) groups is 2. The molecule has 5 aromatic rings. The maximum atomic E-state index is 13.3. The summed E-state index contributed by atoms with van der Waals surface area (Å²) in [5.74, 6) is 0. The van der Waals surface area contributed by atoms with Gasteiger partial charge in [-0.3, -0.25) is 0 Å². The van der Waals surface area contributed by atoms with Crippen molar-refractivity contribution in [3.63, 3.8) is 0 Å². The van der Waals surface area contributed by atoms with Crippen LogP contribution in [-0.2, 0) is 20.0 Å². The van der Waals surface area contributed by atoms with Gasteiger partial charge in [0.05, 0.1) is 11.4 Å².